The molecule has 3 rings (SSSR count). The molecule has 0 aliphatic heterocycles. The zero-order valence-corrected chi connectivity index (χ0v) is 18.8. The van der Waals surface area contributed by atoms with Crippen molar-refractivity contribution in [1.82, 2.24) is 0 Å². The van der Waals surface area contributed by atoms with Crippen LogP contribution in [0.2, 0.25) is 5.02 Å². The van der Waals surface area contributed by atoms with Crippen molar-refractivity contribution >= 4 is 28.7 Å². The van der Waals surface area contributed by atoms with E-state index in [0.29, 0.717) is 5.57 Å². The summed E-state index contributed by atoms with van der Waals surface area (Å²) in [6.07, 6.45) is -7.19. The molecule has 182 valence electrons. The van der Waals surface area contributed by atoms with E-state index >= 15 is 0 Å². The quantitative estimate of drug-likeness (QED) is 0.301. The summed E-state index contributed by atoms with van der Waals surface area (Å²) in [6.45, 7) is 1.21. The van der Waals surface area contributed by atoms with Gasteiger partial charge in [0.2, 0.25) is 0 Å². The molecule has 1 aliphatic rings. The molecule has 34 heavy (non-hydrogen) atoms. The van der Waals surface area contributed by atoms with Crippen LogP contribution in [0.4, 0.5) is 26.3 Å². The smallest absolute Gasteiger partial charge is 0.299 e. The number of hydrogen-bond donors (Lipinski definition) is 0. The molecule has 0 bridgehead atoms. The number of rotatable bonds is 6. The first-order valence-corrected chi connectivity index (χ1v) is 10.9. The van der Waals surface area contributed by atoms with Crippen molar-refractivity contribution in [3.63, 3.8) is 0 Å². The average molecular weight is 503 g/mol. The topological polar surface area (TPSA) is 34.1 Å². The van der Waals surface area contributed by atoms with Gasteiger partial charge in [-0.25, -0.2) is 0 Å². The molecule has 0 spiro atoms. The maximum Gasteiger partial charge on any atom is 0.417 e. The van der Waals surface area contributed by atoms with E-state index in [1.54, 1.807) is 6.08 Å². The number of ketones is 2. The van der Waals surface area contributed by atoms with Crippen molar-refractivity contribution in [2.24, 2.45) is 11.8 Å². The molecular weight excluding hydrogens is 482 g/mol. The number of halogens is 7. The molecule has 2 nitrogen and oxygen atoms in total. The van der Waals surface area contributed by atoms with E-state index in [1.807, 2.05) is 0 Å². The van der Waals surface area contributed by atoms with E-state index < -0.39 is 46.9 Å². The van der Waals surface area contributed by atoms with Crippen molar-refractivity contribution in [1.29, 1.82) is 0 Å². The van der Waals surface area contributed by atoms with Crippen LogP contribution >= 0.6 is 11.6 Å². The van der Waals surface area contributed by atoms with Gasteiger partial charge in [-0.2, -0.15) is 26.3 Å². The van der Waals surface area contributed by atoms with Crippen molar-refractivity contribution in [2.75, 3.05) is 0 Å². The van der Waals surface area contributed by atoms with Gasteiger partial charge in [-0.15, -0.1) is 0 Å². The summed E-state index contributed by atoms with van der Waals surface area (Å²) in [7, 11) is 0. The summed E-state index contributed by atoms with van der Waals surface area (Å²) in [4.78, 5) is 25.3. The van der Waals surface area contributed by atoms with Gasteiger partial charge in [0.05, 0.1) is 17.0 Å². The largest absolute Gasteiger partial charge is 0.417 e. The van der Waals surface area contributed by atoms with E-state index in [9.17, 15) is 35.9 Å². The Balaban J connectivity index is 1.79. The van der Waals surface area contributed by atoms with Crippen LogP contribution in [-0.4, -0.2) is 11.6 Å². The molecule has 0 heterocycles. The molecule has 2 unspecified atom stereocenters. The minimum atomic E-state index is -4.60. The monoisotopic (exact) mass is 502 g/mol. The number of allylic oxidation sites excluding steroid dienone is 2. The van der Waals surface area contributed by atoms with Gasteiger partial charge in [0.1, 0.15) is 11.6 Å². The lowest BCUT2D eigenvalue weighted by Crippen LogP contribution is -2.31. The molecule has 1 aliphatic carbocycles. The van der Waals surface area contributed by atoms with Gasteiger partial charge >= 0.3 is 12.4 Å². The highest BCUT2D eigenvalue weighted by atomic mass is 35.5. The third kappa shape index (κ3) is 6.09. The molecule has 0 fully saturated rings. The summed E-state index contributed by atoms with van der Waals surface area (Å²) in [5.41, 5.74) is -1.08. The number of alkyl halides is 6. The minimum absolute atomic E-state index is 0.00474. The Kier molecular flexibility index (Phi) is 7.60. The second-order valence-electron chi connectivity index (χ2n) is 8.36. The maximum atomic E-state index is 13.4. The van der Waals surface area contributed by atoms with E-state index in [4.69, 9.17) is 11.6 Å². The fraction of sp³-hybridized carbons (Fsp3) is 0.360. The molecule has 0 N–H and O–H groups in total. The standard InChI is InChI=1S/C25H21ClF6O2/c1-14(33)21(12-15-3-2-4-18(11-15)24(27,28)29)23(34)17-7-5-16(6-8-17)20-10-9-19(26)13-22(20)25(30,31)32/h2-5,9-11,13,17,21H,6-8,12H2,1H3. The number of carbonyl (C=O) groups is 2. The molecule has 0 saturated carbocycles. The van der Waals surface area contributed by atoms with Crippen LogP contribution in [0.5, 0.6) is 0 Å². The van der Waals surface area contributed by atoms with Gasteiger partial charge < -0.3 is 0 Å². The highest BCUT2D eigenvalue weighted by Gasteiger charge is 2.36. The molecule has 0 radical (unpaired) electrons. The fourth-order valence-corrected chi connectivity index (χ4v) is 4.38. The molecule has 0 aromatic heterocycles. The highest BCUT2D eigenvalue weighted by molar-refractivity contribution is 6.30. The van der Waals surface area contributed by atoms with Gasteiger partial charge in [0.15, 0.2) is 0 Å². The summed E-state index contributed by atoms with van der Waals surface area (Å²) in [5.74, 6) is -2.60. The second kappa shape index (κ2) is 9.94. The van der Waals surface area contributed by atoms with Crippen molar-refractivity contribution in [3.8, 4) is 0 Å². The summed E-state index contributed by atoms with van der Waals surface area (Å²) < 4.78 is 79.3. The average Bonchev–Trinajstić information content (AvgIpc) is 2.76. The first kappa shape index (κ1) is 26.0. The third-order valence-electron chi connectivity index (χ3n) is 5.97. The molecule has 9 heteroatoms. The van der Waals surface area contributed by atoms with Gasteiger partial charge in [0.25, 0.3) is 0 Å². The lowest BCUT2D eigenvalue weighted by atomic mass is 9.77. The fourth-order valence-electron chi connectivity index (χ4n) is 4.21. The maximum absolute atomic E-state index is 13.4. The van der Waals surface area contributed by atoms with Crippen molar-refractivity contribution in [2.45, 2.75) is 45.0 Å². The lowest BCUT2D eigenvalue weighted by molar-refractivity contribution is -0.138. The van der Waals surface area contributed by atoms with E-state index in [0.717, 1.165) is 18.2 Å². The van der Waals surface area contributed by atoms with Crippen LogP contribution in [0.1, 0.15) is 48.4 Å². The zero-order valence-electron chi connectivity index (χ0n) is 18.1. The molecule has 2 aromatic carbocycles. The predicted octanol–water partition coefficient (Wildman–Crippen LogP) is 7.58. The van der Waals surface area contributed by atoms with Crippen LogP contribution in [0.3, 0.4) is 0 Å². The first-order chi connectivity index (χ1) is 15.8. The molecule has 2 atom stereocenters. The van der Waals surface area contributed by atoms with Crippen LogP contribution in [-0.2, 0) is 28.4 Å². The minimum Gasteiger partial charge on any atom is -0.299 e. The van der Waals surface area contributed by atoms with Crippen LogP contribution < -0.4 is 0 Å². The Labute approximate surface area is 197 Å². The van der Waals surface area contributed by atoms with Gasteiger partial charge in [-0.05, 0) is 67.5 Å². The van der Waals surface area contributed by atoms with Crippen molar-refractivity contribution in [3.05, 3.63) is 75.8 Å². The lowest BCUT2D eigenvalue weighted by Gasteiger charge is -2.26. The summed E-state index contributed by atoms with van der Waals surface area (Å²) in [6, 6.07) is 8.00. The Bertz CT molecular complexity index is 1120. The number of Topliss-reactive ketones (excluding diaryl/α,β-unsaturated/α-hetero) is 2. The predicted molar refractivity (Wildman–Crippen MR) is 116 cm³/mol. The Morgan fingerprint density at radius 3 is 2.29 bits per heavy atom. The van der Waals surface area contributed by atoms with Gasteiger partial charge in [-0.3, -0.25) is 9.59 Å². The van der Waals surface area contributed by atoms with Crippen LogP contribution in [0, 0.1) is 11.8 Å². The van der Waals surface area contributed by atoms with Crippen LogP contribution in [0.15, 0.2) is 48.5 Å². The van der Waals surface area contributed by atoms with E-state index in [1.165, 1.54) is 31.2 Å². The highest BCUT2D eigenvalue weighted by Crippen LogP contribution is 2.40. The SMILES string of the molecule is CC(=O)C(Cc1cccc(C(F)(F)F)c1)C(=O)C1CC=C(c2ccc(Cl)cc2C(F)(F)F)CC1. The van der Waals surface area contributed by atoms with Crippen LogP contribution in [0.25, 0.3) is 5.57 Å². The Hall–Kier alpha value is -2.61. The van der Waals surface area contributed by atoms with Crippen molar-refractivity contribution < 1.29 is 35.9 Å². The molecule has 0 saturated heterocycles. The van der Waals surface area contributed by atoms with Gasteiger partial charge in [0, 0.05) is 10.9 Å². The van der Waals surface area contributed by atoms with E-state index in [2.05, 4.69) is 0 Å². The summed E-state index contributed by atoms with van der Waals surface area (Å²) >= 11 is 5.73. The first-order valence-electron chi connectivity index (χ1n) is 10.5. The summed E-state index contributed by atoms with van der Waals surface area (Å²) in [5, 5.41) is -0.0422. The molecular formula is C25H21ClF6O2. The number of benzene rings is 2. The second-order valence-corrected chi connectivity index (χ2v) is 8.79. The third-order valence-corrected chi connectivity index (χ3v) is 6.21. The number of carbonyl (C=O) groups excluding carboxylic acids is 2. The number of hydrogen-bond acceptors (Lipinski definition) is 2. The Morgan fingerprint density at radius 1 is 1.03 bits per heavy atom. The normalized spacial score (nSPS) is 17.8. The van der Waals surface area contributed by atoms with E-state index in [-0.39, 0.29) is 41.8 Å². The molecule has 0 amide bonds. The van der Waals surface area contributed by atoms with Gasteiger partial charge in [-0.1, -0.05) is 41.9 Å². The zero-order chi connectivity index (χ0) is 25.3. The molecule has 2 aromatic rings. The Morgan fingerprint density at radius 2 is 1.74 bits per heavy atom.